The van der Waals surface area contributed by atoms with E-state index >= 15 is 0 Å². The molecule has 2 rings (SSSR count). The van der Waals surface area contributed by atoms with Crippen LogP contribution in [-0.2, 0) is 0 Å². The van der Waals surface area contributed by atoms with E-state index < -0.39 is 0 Å². The van der Waals surface area contributed by atoms with Gasteiger partial charge in [0.25, 0.3) is 0 Å². The van der Waals surface area contributed by atoms with Crippen LogP contribution >= 0.6 is 0 Å². The van der Waals surface area contributed by atoms with Gasteiger partial charge in [0, 0.05) is 34.7 Å². The molecule has 0 atom stereocenters. The number of carbonyl (C=O) groups excluding carboxylic acids is 1. The molecule has 20 heavy (non-hydrogen) atoms. The second-order valence-electron chi connectivity index (χ2n) is 4.29. The highest BCUT2D eigenvalue weighted by Gasteiger charge is 1.99. The quantitative estimate of drug-likeness (QED) is 0.495. The maximum atomic E-state index is 10.8. The number of hydrogen-bond donors (Lipinski definition) is 2. The van der Waals surface area contributed by atoms with Gasteiger partial charge in [-0.2, -0.15) is 0 Å². The summed E-state index contributed by atoms with van der Waals surface area (Å²) in [4.78, 5) is 14.8. The predicted octanol–water partition coefficient (Wildman–Crippen LogP) is 2.18. The van der Waals surface area contributed by atoms with E-state index in [1.54, 1.807) is 24.4 Å². The van der Waals surface area contributed by atoms with Crippen molar-refractivity contribution >= 4 is 18.3 Å². The number of aldehydes is 1. The van der Waals surface area contributed by atoms with Gasteiger partial charge in [-0.25, -0.2) is 4.98 Å². The maximum absolute atomic E-state index is 10.8. The lowest BCUT2D eigenvalue weighted by atomic mass is 10.1. The molecule has 1 heterocycles. The largest absolute Gasteiger partial charge is 0.383 e. The number of benzene rings is 1. The molecule has 0 aliphatic rings. The second-order valence-corrected chi connectivity index (χ2v) is 4.29. The first-order valence-electron chi connectivity index (χ1n) is 5.98. The van der Waals surface area contributed by atoms with Crippen molar-refractivity contribution in [2.45, 2.75) is 6.92 Å². The van der Waals surface area contributed by atoms with E-state index in [1.165, 1.54) is 0 Å². The van der Waals surface area contributed by atoms with Crippen LogP contribution in [0.3, 0.4) is 0 Å². The highest BCUT2D eigenvalue weighted by Crippen LogP contribution is 2.10. The first kappa shape index (κ1) is 13.5. The average Bonchev–Trinajstić information content (AvgIpc) is 2.47. The fraction of sp³-hybridized carbons (Fsp3) is 0.0625. The van der Waals surface area contributed by atoms with Crippen LogP contribution in [0.1, 0.15) is 32.6 Å². The molecule has 0 bridgehead atoms. The van der Waals surface area contributed by atoms with Crippen LogP contribution in [0.2, 0.25) is 0 Å². The SMILES string of the molecule is Cc1ccc(C=O)cc1C#Cc1cnc(N)c(C=N)c1. The zero-order valence-electron chi connectivity index (χ0n) is 11.0. The topological polar surface area (TPSA) is 79.8 Å². The highest BCUT2D eigenvalue weighted by atomic mass is 16.1. The summed E-state index contributed by atoms with van der Waals surface area (Å²) in [6, 6.07) is 7.07. The van der Waals surface area contributed by atoms with Crippen LogP contribution in [0.5, 0.6) is 0 Å². The molecule has 2 aromatic rings. The minimum Gasteiger partial charge on any atom is -0.383 e. The number of aromatic nitrogens is 1. The fourth-order valence-electron chi connectivity index (χ4n) is 1.66. The third kappa shape index (κ3) is 2.90. The van der Waals surface area contributed by atoms with Crippen LogP contribution in [0, 0.1) is 24.2 Å². The Morgan fingerprint density at radius 1 is 1.30 bits per heavy atom. The smallest absolute Gasteiger partial charge is 0.150 e. The third-order valence-electron chi connectivity index (χ3n) is 2.84. The Kier molecular flexibility index (Phi) is 3.92. The first-order valence-corrected chi connectivity index (χ1v) is 5.98. The number of nitrogens with one attached hydrogen (secondary N) is 1. The van der Waals surface area contributed by atoms with Crippen molar-refractivity contribution in [3.8, 4) is 11.8 Å². The molecule has 0 unspecified atom stereocenters. The molecule has 0 saturated carbocycles. The van der Waals surface area contributed by atoms with Gasteiger partial charge in [-0.05, 0) is 24.6 Å². The molecule has 0 saturated heterocycles. The molecular weight excluding hydrogens is 250 g/mol. The van der Waals surface area contributed by atoms with Crippen LogP contribution in [0.4, 0.5) is 5.82 Å². The zero-order valence-corrected chi connectivity index (χ0v) is 11.0. The summed E-state index contributed by atoms with van der Waals surface area (Å²) in [7, 11) is 0. The third-order valence-corrected chi connectivity index (χ3v) is 2.84. The van der Waals surface area contributed by atoms with E-state index in [9.17, 15) is 4.79 Å². The summed E-state index contributed by atoms with van der Waals surface area (Å²) in [5.41, 5.74) is 9.22. The molecule has 0 aliphatic carbocycles. The van der Waals surface area contributed by atoms with Crippen molar-refractivity contribution in [2.75, 3.05) is 5.73 Å². The molecule has 4 nitrogen and oxygen atoms in total. The average molecular weight is 263 g/mol. The molecule has 1 aromatic heterocycles. The molecule has 0 aliphatic heterocycles. The van der Waals surface area contributed by atoms with Gasteiger partial charge < -0.3 is 11.1 Å². The highest BCUT2D eigenvalue weighted by molar-refractivity contribution is 5.83. The van der Waals surface area contributed by atoms with Gasteiger partial charge in [-0.1, -0.05) is 24.0 Å². The van der Waals surface area contributed by atoms with E-state index in [0.29, 0.717) is 22.5 Å². The van der Waals surface area contributed by atoms with Crippen molar-refractivity contribution in [3.05, 3.63) is 58.3 Å². The van der Waals surface area contributed by atoms with Gasteiger partial charge in [0.2, 0.25) is 0 Å². The molecule has 3 N–H and O–H groups in total. The van der Waals surface area contributed by atoms with Gasteiger partial charge >= 0.3 is 0 Å². The minimum atomic E-state index is 0.310. The number of rotatable bonds is 2. The number of nitrogens with two attached hydrogens (primary N) is 1. The van der Waals surface area contributed by atoms with Crippen molar-refractivity contribution in [1.29, 1.82) is 5.41 Å². The monoisotopic (exact) mass is 263 g/mol. The van der Waals surface area contributed by atoms with Crippen LogP contribution in [-0.4, -0.2) is 17.5 Å². The van der Waals surface area contributed by atoms with Crippen LogP contribution in [0.15, 0.2) is 30.5 Å². The first-order chi connectivity index (χ1) is 9.63. The zero-order chi connectivity index (χ0) is 14.5. The summed E-state index contributed by atoms with van der Waals surface area (Å²) in [6.07, 6.45) is 3.50. The number of anilines is 1. The van der Waals surface area contributed by atoms with E-state index in [4.69, 9.17) is 11.1 Å². The summed E-state index contributed by atoms with van der Waals surface area (Å²) in [6.45, 7) is 1.93. The van der Waals surface area contributed by atoms with Crippen molar-refractivity contribution < 1.29 is 4.79 Å². The Bertz CT molecular complexity index is 739. The molecule has 98 valence electrons. The Balaban J connectivity index is 2.40. The normalized spacial score (nSPS) is 9.45. The van der Waals surface area contributed by atoms with Crippen LogP contribution < -0.4 is 5.73 Å². The molecule has 4 heteroatoms. The minimum absolute atomic E-state index is 0.310. The number of nitrogen functional groups attached to an aromatic ring is 1. The van der Waals surface area contributed by atoms with Gasteiger partial charge in [0.1, 0.15) is 12.1 Å². The van der Waals surface area contributed by atoms with E-state index in [0.717, 1.165) is 23.6 Å². The summed E-state index contributed by atoms with van der Waals surface area (Å²) < 4.78 is 0. The Morgan fingerprint density at radius 2 is 2.10 bits per heavy atom. The fourth-order valence-corrected chi connectivity index (χ4v) is 1.66. The van der Waals surface area contributed by atoms with Crippen molar-refractivity contribution in [3.63, 3.8) is 0 Å². The van der Waals surface area contributed by atoms with Crippen LogP contribution in [0.25, 0.3) is 0 Å². The lowest BCUT2D eigenvalue weighted by Crippen LogP contribution is -1.97. The van der Waals surface area contributed by atoms with Gasteiger partial charge in [-0.3, -0.25) is 4.79 Å². The summed E-state index contributed by atoms with van der Waals surface area (Å²) >= 11 is 0. The Morgan fingerprint density at radius 3 is 2.80 bits per heavy atom. The molecule has 0 spiro atoms. The Hall–Kier alpha value is -2.93. The lowest BCUT2D eigenvalue weighted by Gasteiger charge is -2.00. The molecular formula is C16H13N3O. The maximum Gasteiger partial charge on any atom is 0.150 e. The van der Waals surface area contributed by atoms with Crippen molar-refractivity contribution in [1.82, 2.24) is 4.98 Å². The standard InChI is InChI=1S/C16H13N3O/c1-11-2-3-13(10-20)7-14(11)5-4-12-6-15(8-17)16(18)19-9-12/h2-3,6-10,17H,1H3,(H2,18,19). The predicted molar refractivity (Wildman–Crippen MR) is 79.1 cm³/mol. The number of pyridine rings is 1. The Labute approximate surface area is 117 Å². The number of nitrogens with zero attached hydrogens (tertiary/aromatic N) is 1. The molecule has 1 aromatic carbocycles. The van der Waals surface area contributed by atoms with E-state index in [-0.39, 0.29) is 0 Å². The molecule has 0 amide bonds. The number of carbonyl (C=O) groups is 1. The van der Waals surface area contributed by atoms with E-state index in [2.05, 4.69) is 16.8 Å². The van der Waals surface area contributed by atoms with Gasteiger partial charge in [0.05, 0.1) is 0 Å². The second kappa shape index (κ2) is 5.81. The summed E-state index contributed by atoms with van der Waals surface area (Å²) in [5, 5.41) is 7.23. The lowest BCUT2D eigenvalue weighted by molar-refractivity contribution is 0.112. The number of hydrogen-bond acceptors (Lipinski definition) is 4. The van der Waals surface area contributed by atoms with Gasteiger partial charge in [0.15, 0.2) is 0 Å². The van der Waals surface area contributed by atoms with E-state index in [1.807, 2.05) is 13.0 Å². The molecule has 0 radical (unpaired) electrons. The number of aryl methyl sites for hydroxylation is 1. The molecule has 0 fully saturated rings. The van der Waals surface area contributed by atoms with Crippen molar-refractivity contribution in [2.24, 2.45) is 0 Å². The van der Waals surface area contributed by atoms with Gasteiger partial charge in [-0.15, -0.1) is 0 Å². The summed E-state index contributed by atoms with van der Waals surface area (Å²) in [5.74, 6) is 6.29.